The van der Waals surface area contributed by atoms with Crippen molar-refractivity contribution in [1.29, 1.82) is 0 Å². The highest BCUT2D eigenvalue weighted by Crippen LogP contribution is 2.31. The Kier molecular flexibility index (Phi) is 5.27. The SMILES string of the molecule is COc1ccc(-c2nc(CNCc3ccccc3C(F)(F)F)co2)cc1. The highest BCUT2D eigenvalue weighted by molar-refractivity contribution is 5.54. The van der Waals surface area contributed by atoms with Gasteiger partial charge in [-0.1, -0.05) is 18.2 Å². The predicted octanol–water partition coefficient (Wildman–Crippen LogP) is 4.66. The van der Waals surface area contributed by atoms with Crippen molar-refractivity contribution in [3.05, 3.63) is 71.6 Å². The van der Waals surface area contributed by atoms with Crippen LogP contribution >= 0.6 is 0 Å². The summed E-state index contributed by atoms with van der Waals surface area (Å²) in [6.07, 6.45) is -2.88. The molecule has 1 heterocycles. The molecule has 1 aromatic heterocycles. The minimum atomic E-state index is -4.37. The Balaban J connectivity index is 1.62. The Morgan fingerprint density at radius 3 is 2.46 bits per heavy atom. The van der Waals surface area contributed by atoms with E-state index in [2.05, 4.69) is 10.3 Å². The molecule has 136 valence electrons. The van der Waals surface area contributed by atoms with E-state index >= 15 is 0 Å². The van der Waals surface area contributed by atoms with Crippen molar-refractivity contribution < 1.29 is 22.3 Å². The van der Waals surface area contributed by atoms with Crippen LogP contribution in [0.1, 0.15) is 16.8 Å². The third-order valence-corrected chi connectivity index (χ3v) is 3.83. The predicted molar refractivity (Wildman–Crippen MR) is 90.5 cm³/mol. The number of hydrogen-bond donors (Lipinski definition) is 1. The van der Waals surface area contributed by atoms with Gasteiger partial charge in [0.25, 0.3) is 0 Å². The van der Waals surface area contributed by atoms with Crippen LogP contribution < -0.4 is 10.1 Å². The van der Waals surface area contributed by atoms with Gasteiger partial charge < -0.3 is 14.5 Å². The molecule has 0 amide bonds. The Bertz CT molecular complexity index is 858. The van der Waals surface area contributed by atoms with Crippen LogP contribution in [0.25, 0.3) is 11.5 Å². The number of aromatic nitrogens is 1. The monoisotopic (exact) mass is 362 g/mol. The molecule has 0 saturated carbocycles. The smallest absolute Gasteiger partial charge is 0.416 e. The molecule has 26 heavy (non-hydrogen) atoms. The summed E-state index contributed by atoms with van der Waals surface area (Å²) < 4.78 is 49.5. The molecule has 2 aromatic carbocycles. The standard InChI is InChI=1S/C19H17F3N2O2/c1-25-16-8-6-13(7-9-16)18-24-15(12-26-18)11-23-10-14-4-2-3-5-17(14)19(20,21)22/h2-9,12,23H,10-11H2,1H3. The van der Waals surface area contributed by atoms with Crippen LogP contribution in [0.4, 0.5) is 13.2 Å². The van der Waals surface area contributed by atoms with Crippen LogP contribution in [0.3, 0.4) is 0 Å². The molecule has 0 aliphatic carbocycles. The lowest BCUT2D eigenvalue weighted by atomic mass is 10.1. The van der Waals surface area contributed by atoms with Gasteiger partial charge in [-0.25, -0.2) is 4.98 Å². The topological polar surface area (TPSA) is 47.3 Å². The summed E-state index contributed by atoms with van der Waals surface area (Å²) in [6.45, 7) is 0.381. The van der Waals surface area contributed by atoms with Gasteiger partial charge in [0.05, 0.1) is 18.4 Å². The molecule has 0 aliphatic rings. The van der Waals surface area contributed by atoms with Crippen LogP contribution in [0.15, 0.2) is 59.2 Å². The molecule has 0 unspecified atom stereocenters. The summed E-state index contributed by atoms with van der Waals surface area (Å²) in [5, 5.41) is 2.97. The molecule has 0 radical (unpaired) electrons. The molecule has 7 heteroatoms. The average Bonchev–Trinajstić information content (AvgIpc) is 3.10. The maximum atomic E-state index is 13.0. The van der Waals surface area contributed by atoms with E-state index in [0.29, 0.717) is 18.1 Å². The molecular formula is C19H17F3N2O2. The fourth-order valence-electron chi connectivity index (χ4n) is 2.53. The van der Waals surface area contributed by atoms with Gasteiger partial charge in [-0.05, 0) is 35.9 Å². The van der Waals surface area contributed by atoms with Gasteiger partial charge in [-0.3, -0.25) is 0 Å². The maximum Gasteiger partial charge on any atom is 0.416 e. The van der Waals surface area contributed by atoms with Crippen LogP contribution in [-0.4, -0.2) is 12.1 Å². The molecular weight excluding hydrogens is 345 g/mol. The number of nitrogens with one attached hydrogen (secondary N) is 1. The number of methoxy groups -OCH3 is 1. The first-order valence-electron chi connectivity index (χ1n) is 7.92. The van der Waals surface area contributed by atoms with Gasteiger partial charge in [0, 0.05) is 18.7 Å². The van der Waals surface area contributed by atoms with Crippen molar-refractivity contribution >= 4 is 0 Å². The number of alkyl halides is 3. The Hall–Kier alpha value is -2.80. The summed E-state index contributed by atoms with van der Waals surface area (Å²) in [6, 6.07) is 12.7. The number of rotatable bonds is 6. The molecule has 0 bridgehead atoms. The number of nitrogens with zero attached hydrogens (tertiary/aromatic N) is 1. The molecule has 3 aromatic rings. The van der Waals surface area contributed by atoms with E-state index < -0.39 is 11.7 Å². The van der Waals surface area contributed by atoms with Crippen molar-refractivity contribution in [2.24, 2.45) is 0 Å². The Morgan fingerprint density at radius 2 is 1.77 bits per heavy atom. The second-order valence-electron chi connectivity index (χ2n) is 5.63. The highest BCUT2D eigenvalue weighted by atomic mass is 19.4. The van der Waals surface area contributed by atoms with Crippen LogP contribution in [0.5, 0.6) is 5.75 Å². The van der Waals surface area contributed by atoms with Gasteiger partial charge in [0.15, 0.2) is 0 Å². The Morgan fingerprint density at radius 1 is 1.04 bits per heavy atom. The fraction of sp³-hybridized carbons (Fsp3) is 0.211. The van der Waals surface area contributed by atoms with Gasteiger partial charge in [0.1, 0.15) is 12.0 Å². The molecule has 0 fully saturated rings. The average molecular weight is 362 g/mol. The Labute approximate surface area is 148 Å². The van der Waals surface area contributed by atoms with E-state index in [4.69, 9.17) is 9.15 Å². The van der Waals surface area contributed by atoms with Crippen LogP contribution in [0, 0.1) is 0 Å². The first-order chi connectivity index (χ1) is 12.5. The van der Waals surface area contributed by atoms with Gasteiger partial charge in [0.2, 0.25) is 5.89 Å². The molecule has 0 saturated heterocycles. The quantitative estimate of drug-likeness (QED) is 0.693. The summed E-state index contributed by atoms with van der Waals surface area (Å²) in [5.41, 5.74) is 0.963. The van der Waals surface area contributed by atoms with E-state index in [1.807, 2.05) is 12.1 Å². The maximum absolute atomic E-state index is 13.0. The van der Waals surface area contributed by atoms with E-state index in [9.17, 15) is 13.2 Å². The van der Waals surface area contributed by atoms with Crippen molar-refractivity contribution in [3.63, 3.8) is 0 Å². The fourth-order valence-corrected chi connectivity index (χ4v) is 2.53. The van der Waals surface area contributed by atoms with Crippen molar-refractivity contribution in [2.45, 2.75) is 19.3 Å². The van der Waals surface area contributed by atoms with Crippen molar-refractivity contribution in [2.75, 3.05) is 7.11 Å². The normalized spacial score (nSPS) is 11.5. The lowest BCUT2D eigenvalue weighted by molar-refractivity contribution is -0.138. The van der Waals surface area contributed by atoms with Gasteiger partial charge in [-0.2, -0.15) is 13.2 Å². The summed E-state index contributed by atoms with van der Waals surface area (Å²) in [5.74, 6) is 1.17. The molecule has 4 nitrogen and oxygen atoms in total. The summed E-state index contributed by atoms with van der Waals surface area (Å²) in [4.78, 5) is 4.35. The molecule has 3 rings (SSSR count). The zero-order valence-corrected chi connectivity index (χ0v) is 14.0. The molecule has 0 aliphatic heterocycles. The zero-order valence-electron chi connectivity index (χ0n) is 14.0. The summed E-state index contributed by atoms with van der Waals surface area (Å²) >= 11 is 0. The molecule has 1 N–H and O–H groups in total. The number of oxazole rings is 1. The first kappa shape index (κ1) is 18.0. The number of ether oxygens (including phenoxy) is 1. The summed E-state index contributed by atoms with van der Waals surface area (Å²) in [7, 11) is 1.58. The van der Waals surface area contributed by atoms with Crippen molar-refractivity contribution in [1.82, 2.24) is 10.3 Å². The minimum absolute atomic E-state index is 0.0837. The highest BCUT2D eigenvalue weighted by Gasteiger charge is 2.32. The number of hydrogen-bond acceptors (Lipinski definition) is 4. The molecule has 0 atom stereocenters. The van der Waals surface area contributed by atoms with Crippen LogP contribution in [0.2, 0.25) is 0 Å². The minimum Gasteiger partial charge on any atom is -0.497 e. The van der Waals surface area contributed by atoms with Gasteiger partial charge >= 0.3 is 6.18 Å². The second kappa shape index (κ2) is 7.61. The molecule has 0 spiro atoms. The van der Waals surface area contributed by atoms with Crippen LogP contribution in [-0.2, 0) is 19.3 Å². The third kappa shape index (κ3) is 4.23. The lowest BCUT2D eigenvalue weighted by Gasteiger charge is -2.12. The van der Waals surface area contributed by atoms with E-state index in [0.717, 1.165) is 17.4 Å². The third-order valence-electron chi connectivity index (χ3n) is 3.83. The zero-order chi connectivity index (χ0) is 18.6. The lowest BCUT2D eigenvalue weighted by Crippen LogP contribution is -2.17. The van der Waals surface area contributed by atoms with E-state index in [1.165, 1.54) is 18.4 Å². The number of halogens is 3. The largest absolute Gasteiger partial charge is 0.497 e. The second-order valence-corrected chi connectivity index (χ2v) is 5.63. The number of benzene rings is 2. The first-order valence-corrected chi connectivity index (χ1v) is 7.92. The van der Waals surface area contributed by atoms with E-state index in [-0.39, 0.29) is 12.1 Å². The van der Waals surface area contributed by atoms with E-state index in [1.54, 1.807) is 25.3 Å². The van der Waals surface area contributed by atoms with Crippen molar-refractivity contribution in [3.8, 4) is 17.2 Å². The van der Waals surface area contributed by atoms with Gasteiger partial charge in [-0.15, -0.1) is 0 Å².